The number of carbonyl (C=O) groups is 1. The second-order valence-electron chi connectivity index (χ2n) is 4.34. The lowest BCUT2D eigenvalue weighted by molar-refractivity contribution is -0.131. The lowest BCUT2D eigenvalue weighted by atomic mass is 10.1. The maximum absolute atomic E-state index is 11.7. The first-order valence-electron chi connectivity index (χ1n) is 5.45. The van der Waals surface area contributed by atoms with Gasteiger partial charge in [-0.3, -0.25) is 9.80 Å². The highest BCUT2D eigenvalue weighted by Gasteiger charge is 2.31. The van der Waals surface area contributed by atoms with Crippen molar-refractivity contribution in [1.82, 2.24) is 10.4 Å². The molecule has 1 aromatic rings. The third-order valence-electron chi connectivity index (χ3n) is 2.73. The Morgan fingerprint density at radius 2 is 2.25 bits per heavy atom. The van der Waals surface area contributed by atoms with Gasteiger partial charge in [-0.15, -0.1) is 0 Å². The highest BCUT2D eigenvalue weighted by molar-refractivity contribution is 5.79. The molecule has 0 aliphatic carbocycles. The maximum Gasteiger partial charge on any atom is 0.238 e. The Balaban J connectivity index is 2.17. The minimum atomic E-state index is -0.0259. The molecule has 0 radical (unpaired) electrons. The number of aromatic hydroxyl groups is 1. The van der Waals surface area contributed by atoms with Crippen molar-refractivity contribution in [2.45, 2.75) is 32.4 Å². The Hall–Kier alpha value is -1.55. The van der Waals surface area contributed by atoms with Gasteiger partial charge in [-0.25, -0.2) is 5.43 Å². The van der Waals surface area contributed by atoms with Gasteiger partial charge in [0.05, 0.1) is 6.04 Å². The average Bonchev–Trinajstić information content (AvgIpc) is 2.60. The maximum atomic E-state index is 11.7. The largest absolute Gasteiger partial charge is 0.508 e. The molecule has 1 fully saturated rings. The van der Waals surface area contributed by atoms with Crippen LogP contribution in [0.5, 0.6) is 5.75 Å². The number of nitrogens with zero attached hydrogens (tertiary/aromatic N) is 1. The van der Waals surface area contributed by atoms with E-state index in [0.29, 0.717) is 6.42 Å². The van der Waals surface area contributed by atoms with E-state index >= 15 is 0 Å². The van der Waals surface area contributed by atoms with Gasteiger partial charge in [0.1, 0.15) is 5.75 Å². The molecule has 2 N–H and O–H groups in total. The van der Waals surface area contributed by atoms with Gasteiger partial charge in [-0.05, 0) is 31.5 Å². The molecule has 1 aliphatic rings. The van der Waals surface area contributed by atoms with E-state index in [1.54, 1.807) is 23.2 Å². The van der Waals surface area contributed by atoms with Crippen molar-refractivity contribution >= 4 is 5.91 Å². The molecule has 0 aromatic heterocycles. The number of rotatable bonds is 2. The van der Waals surface area contributed by atoms with Gasteiger partial charge in [0.15, 0.2) is 0 Å². The number of hydrogen-bond acceptors (Lipinski definition) is 3. The number of benzene rings is 1. The van der Waals surface area contributed by atoms with Crippen LogP contribution in [0.25, 0.3) is 0 Å². The summed E-state index contributed by atoms with van der Waals surface area (Å²) < 4.78 is 0. The van der Waals surface area contributed by atoms with Crippen LogP contribution in [-0.2, 0) is 4.79 Å². The minimum Gasteiger partial charge on any atom is -0.508 e. The summed E-state index contributed by atoms with van der Waals surface area (Å²) in [5, 5.41) is 11.0. The van der Waals surface area contributed by atoms with E-state index in [1.165, 1.54) is 0 Å². The fraction of sp³-hybridized carbons (Fsp3) is 0.417. The number of phenols is 1. The molecule has 2 rings (SSSR count). The molecule has 1 atom stereocenters. The zero-order valence-corrected chi connectivity index (χ0v) is 9.47. The Bertz CT molecular complexity index is 404. The Morgan fingerprint density at radius 1 is 1.50 bits per heavy atom. The number of nitrogens with one attached hydrogen (secondary N) is 1. The lowest BCUT2D eigenvalue weighted by Gasteiger charge is -2.22. The highest BCUT2D eigenvalue weighted by atomic mass is 16.3. The summed E-state index contributed by atoms with van der Waals surface area (Å²) in [6, 6.07) is 7.13. The highest BCUT2D eigenvalue weighted by Crippen LogP contribution is 2.26. The summed E-state index contributed by atoms with van der Waals surface area (Å²) in [6.45, 7) is 3.94. The van der Waals surface area contributed by atoms with E-state index in [0.717, 1.165) is 5.56 Å². The first-order chi connectivity index (χ1) is 7.58. The predicted molar refractivity (Wildman–Crippen MR) is 60.6 cm³/mol. The average molecular weight is 220 g/mol. The van der Waals surface area contributed by atoms with Gasteiger partial charge in [0.25, 0.3) is 0 Å². The van der Waals surface area contributed by atoms with E-state index in [4.69, 9.17) is 0 Å². The number of phenolic OH excluding ortho intramolecular Hbond substituents is 1. The standard InChI is InChI=1S/C12H16N2O2/c1-8(2)14-12(16)7-11(13-14)9-4-3-5-10(15)6-9/h3-6,8,11,13,15H,7H2,1-2H3. The lowest BCUT2D eigenvalue weighted by Crippen LogP contribution is -2.40. The Kier molecular flexibility index (Phi) is 2.83. The van der Waals surface area contributed by atoms with Crippen LogP contribution in [0.4, 0.5) is 0 Å². The summed E-state index contributed by atoms with van der Waals surface area (Å²) in [7, 11) is 0. The van der Waals surface area contributed by atoms with E-state index in [-0.39, 0.29) is 23.7 Å². The van der Waals surface area contributed by atoms with E-state index in [2.05, 4.69) is 5.43 Å². The summed E-state index contributed by atoms with van der Waals surface area (Å²) >= 11 is 0. The normalized spacial score (nSPS) is 20.8. The Labute approximate surface area is 94.9 Å². The zero-order chi connectivity index (χ0) is 11.7. The van der Waals surface area contributed by atoms with Crippen LogP contribution in [0.3, 0.4) is 0 Å². The van der Waals surface area contributed by atoms with E-state index in [1.807, 2.05) is 19.9 Å². The van der Waals surface area contributed by atoms with Gasteiger partial charge in [-0.2, -0.15) is 0 Å². The molecule has 1 unspecified atom stereocenters. The number of hydrazine groups is 1. The molecular formula is C12H16N2O2. The Morgan fingerprint density at radius 3 is 2.81 bits per heavy atom. The number of amides is 1. The van der Waals surface area contributed by atoms with Crippen LogP contribution in [0.1, 0.15) is 31.9 Å². The van der Waals surface area contributed by atoms with Crippen molar-refractivity contribution in [2.24, 2.45) is 0 Å². The number of carbonyl (C=O) groups excluding carboxylic acids is 1. The van der Waals surface area contributed by atoms with Crippen molar-refractivity contribution in [3.8, 4) is 5.75 Å². The molecule has 16 heavy (non-hydrogen) atoms. The molecule has 4 nitrogen and oxygen atoms in total. The van der Waals surface area contributed by atoms with Gasteiger partial charge in [0, 0.05) is 12.5 Å². The van der Waals surface area contributed by atoms with Crippen LogP contribution in [0, 0.1) is 0 Å². The summed E-state index contributed by atoms with van der Waals surface area (Å²) in [6.07, 6.45) is 0.446. The monoisotopic (exact) mass is 220 g/mol. The summed E-state index contributed by atoms with van der Waals surface area (Å²) in [4.78, 5) is 11.7. The minimum absolute atomic E-state index is 0.0259. The van der Waals surface area contributed by atoms with Crippen LogP contribution >= 0.6 is 0 Å². The van der Waals surface area contributed by atoms with Gasteiger partial charge < -0.3 is 5.11 Å². The molecule has 86 valence electrons. The van der Waals surface area contributed by atoms with Crippen molar-refractivity contribution in [3.63, 3.8) is 0 Å². The topological polar surface area (TPSA) is 52.6 Å². The second-order valence-corrected chi connectivity index (χ2v) is 4.34. The van der Waals surface area contributed by atoms with Crippen LogP contribution in [-0.4, -0.2) is 22.1 Å². The second kappa shape index (κ2) is 4.14. The van der Waals surface area contributed by atoms with Gasteiger partial charge in [-0.1, -0.05) is 12.1 Å². The van der Waals surface area contributed by atoms with Crippen LogP contribution < -0.4 is 5.43 Å². The molecule has 1 saturated heterocycles. The fourth-order valence-corrected chi connectivity index (χ4v) is 1.93. The molecule has 1 heterocycles. The van der Waals surface area contributed by atoms with E-state index < -0.39 is 0 Å². The number of hydrogen-bond donors (Lipinski definition) is 2. The SMILES string of the molecule is CC(C)N1NC(c2cccc(O)c2)CC1=O. The quantitative estimate of drug-likeness (QED) is 0.795. The molecule has 1 aliphatic heterocycles. The first-order valence-corrected chi connectivity index (χ1v) is 5.45. The van der Waals surface area contributed by atoms with Gasteiger partial charge in [0.2, 0.25) is 5.91 Å². The van der Waals surface area contributed by atoms with Crippen molar-refractivity contribution < 1.29 is 9.90 Å². The van der Waals surface area contributed by atoms with E-state index in [9.17, 15) is 9.90 Å². The summed E-state index contributed by atoms with van der Waals surface area (Å²) in [5.74, 6) is 0.332. The zero-order valence-electron chi connectivity index (χ0n) is 9.47. The molecular weight excluding hydrogens is 204 g/mol. The molecule has 0 bridgehead atoms. The summed E-state index contributed by atoms with van der Waals surface area (Å²) in [5.41, 5.74) is 4.10. The van der Waals surface area contributed by atoms with Crippen molar-refractivity contribution in [2.75, 3.05) is 0 Å². The third kappa shape index (κ3) is 2.02. The van der Waals surface area contributed by atoms with Crippen LogP contribution in [0.2, 0.25) is 0 Å². The molecule has 1 aromatic carbocycles. The van der Waals surface area contributed by atoms with Crippen molar-refractivity contribution in [3.05, 3.63) is 29.8 Å². The van der Waals surface area contributed by atoms with Gasteiger partial charge >= 0.3 is 0 Å². The van der Waals surface area contributed by atoms with Crippen LogP contribution in [0.15, 0.2) is 24.3 Å². The smallest absolute Gasteiger partial charge is 0.238 e. The molecule has 1 amide bonds. The molecule has 0 spiro atoms. The first kappa shape index (κ1) is 11.0. The van der Waals surface area contributed by atoms with Crippen molar-refractivity contribution in [1.29, 1.82) is 0 Å². The third-order valence-corrected chi connectivity index (χ3v) is 2.73. The predicted octanol–water partition coefficient (Wildman–Crippen LogP) is 1.58. The molecule has 0 saturated carbocycles. The fourth-order valence-electron chi connectivity index (χ4n) is 1.93. The molecule has 4 heteroatoms.